The van der Waals surface area contributed by atoms with E-state index in [1.807, 2.05) is 17.0 Å². The normalized spacial score (nSPS) is 25.8. The van der Waals surface area contributed by atoms with Crippen LogP contribution < -0.4 is 5.32 Å². The summed E-state index contributed by atoms with van der Waals surface area (Å²) in [4.78, 5) is 32.2. The Morgan fingerprint density at radius 2 is 1.51 bits per heavy atom. The van der Waals surface area contributed by atoms with Crippen molar-refractivity contribution in [2.75, 3.05) is 26.2 Å². The van der Waals surface area contributed by atoms with Gasteiger partial charge in [0.25, 0.3) is 0 Å². The number of amides is 2. The molecule has 1 unspecified atom stereocenters. The largest absolute Gasteiger partial charge is 0.351 e. The van der Waals surface area contributed by atoms with Gasteiger partial charge in [-0.05, 0) is 90.8 Å². The van der Waals surface area contributed by atoms with E-state index in [1.165, 1.54) is 31.4 Å². The van der Waals surface area contributed by atoms with Gasteiger partial charge in [-0.1, -0.05) is 31.4 Å². The van der Waals surface area contributed by atoms with Crippen LogP contribution in [0.1, 0.15) is 98.0 Å². The lowest BCUT2D eigenvalue weighted by atomic mass is 9.63. The Morgan fingerprint density at radius 1 is 0.919 bits per heavy atom. The van der Waals surface area contributed by atoms with E-state index in [1.54, 1.807) is 0 Å². The highest BCUT2D eigenvalue weighted by molar-refractivity contribution is 5.85. The second-order valence-corrected chi connectivity index (χ2v) is 13.9. The third kappa shape index (κ3) is 6.21. The molecule has 3 fully saturated rings. The van der Waals surface area contributed by atoms with E-state index in [9.17, 15) is 14.0 Å². The van der Waals surface area contributed by atoms with Crippen LogP contribution >= 0.6 is 0 Å². The molecular formula is C31H48FN3O2. The number of nitrogens with zero attached hydrogens (tertiary/aromatic N) is 2. The molecule has 3 aliphatic rings. The molecule has 5 nitrogen and oxygen atoms in total. The molecular weight excluding hydrogens is 465 g/mol. The van der Waals surface area contributed by atoms with Gasteiger partial charge in [0, 0.05) is 43.2 Å². The van der Waals surface area contributed by atoms with Gasteiger partial charge in [-0.25, -0.2) is 4.39 Å². The van der Waals surface area contributed by atoms with Crippen molar-refractivity contribution in [2.24, 2.45) is 17.3 Å². The molecule has 2 heterocycles. The summed E-state index contributed by atoms with van der Waals surface area (Å²) in [5.74, 6) is 0.408. The predicted octanol–water partition coefficient (Wildman–Crippen LogP) is 5.74. The van der Waals surface area contributed by atoms with E-state index >= 15 is 0 Å². The highest BCUT2D eigenvalue weighted by Crippen LogP contribution is 2.47. The molecule has 0 spiro atoms. The molecule has 1 aromatic carbocycles. The summed E-state index contributed by atoms with van der Waals surface area (Å²) in [6.07, 6.45) is 7.35. The molecule has 4 rings (SSSR count). The van der Waals surface area contributed by atoms with Crippen LogP contribution in [0.5, 0.6) is 0 Å². The molecule has 1 aromatic rings. The summed E-state index contributed by atoms with van der Waals surface area (Å²) < 4.78 is 13.7. The average molecular weight is 514 g/mol. The number of halogens is 1. The van der Waals surface area contributed by atoms with Crippen molar-refractivity contribution in [3.8, 4) is 0 Å². The van der Waals surface area contributed by atoms with Crippen LogP contribution in [0.25, 0.3) is 0 Å². The molecule has 0 aromatic heterocycles. The minimum atomic E-state index is -0.381. The number of nitrogens with one attached hydrogen (secondary N) is 1. The molecule has 2 saturated heterocycles. The Balaban J connectivity index is 1.53. The Labute approximate surface area is 223 Å². The molecule has 2 aliphatic heterocycles. The minimum Gasteiger partial charge on any atom is -0.351 e. The summed E-state index contributed by atoms with van der Waals surface area (Å²) in [5.41, 5.74) is 0.336. The van der Waals surface area contributed by atoms with Gasteiger partial charge < -0.3 is 10.2 Å². The lowest BCUT2D eigenvalue weighted by Gasteiger charge is -2.48. The highest BCUT2D eigenvalue weighted by atomic mass is 19.1. The molecule has 2 amide bonds. The van der Waals surface area contributed by atoms with Gasteiger partial charge in [0.05, 0.1) is 11.3 Å². The second kappa shape index (κ2) is 10.7. The van der Waals surface area contributed by atoms with Gasteiger partial charge in [-0.3, -0.25) is 14.5 Å². The maximum Gasteiger partial charge on any atom is 0.227 e. The van der Waals surface area contributed by atoms with E-state index in [0.29, 0.717) is 25.6 Å². The van der Waals surface area contributed by atoms with Gasteiger partial charge >= 0.3 is 0 Å². The van der Waals surface area contributed by atoms with Crippen LogP contribution in [0, 0.1) is 23.1 Å². The van der Waals surface area contributed by atoms with Crippen LogP contribution in [0.3, 0.4) is 0 Å². The zero-order valence-corrected chi connectivity index (χ0v) is 23.9. The summed E-state index contributed by atoms with van der Waals surface area (Å²) in [5, 5.41) is 3.30. The summed E-state index contributed by atoms with van der Waals surface area (Å²) in [7, 11) is 0. The lowest BCUT2D eigenvalue weighted by molar-refractivity contribution is -0.148. The molecule has 206 valence electrons. The van der Waals surface area contributed by atoms with Crippen molar-refractivity contribution in [3.05, 3.63) is 35.6 Å². The predicted molar refractivity (Wildman–Crippen MR) is 147 cm³/mol. The molecule has 2 atom stereocenters. The third-order valence-corrected chi connectivity index (χ3v) is 9.18. The number of hydrogen-bond acceptors (Lipinski definition) is 3. The quantitative estimate of drug-likeness (QED) is 0.558. The summed E-state index contributed by atoms with van der Waals surface area (Å²) >= 11 is 0. The molecule has 0 radical (unpaired) electrons. The van der Waals surface area contributed by atoms with Crippen LogP contribution in [0.2, 0.25) is 0 Å². The van der Waals surface area contributed by atoms with Gasteiger partial charge in [-0.2, -0.15) is 0 Å². The fraction of sp³-hybridized carbons (Fsp3) is 0.742. The SMILES string of the molecule is CC(C)(C)NC(=O)C1(C2CCCCC2)CCN(C(=O)C2CN(C(C)(C)C)C[C@H]2c2ccc(F)cc2)CC1. The maximum absolute atomic E-state index is 14.0. The fourth-order valence-electron chi connectivity index (χ4n) is 6.95. The summed E-state index contributed by atoms with van der Waals surface area (Å²) in [6.45, 7) is 15.5. The maximum atomic E-state index is 14.0. The van der Waals surface area contributed by atoms with E-state index in [4.69, 9.17) is 0 Å². The number of carbonyl (C=O) groups is 2. The Kier molecular flexibility index (Phi) is 8.09. The molecule has 0 bridgehead atoms. The number of carbonyl (C=O) groups excluding carboxylic acids is 2. The number of likely N-dealkylation sites (tertiary alicyclic amines) is 2. The first-order chi connectivity index (χ1) is 17.3. The van der Waals surface area contributed by atoms with Crippen molar-refractivity contribution in [1.82, 2.24) is 15.1 Å². The van der Waals surface area contributed by atoms with E-state index < -0.39 is 0 Å². The molecule has 1 saturated carbocycles. The number of piperidine rings is 1. The zero-order chi connectivity index (χ0) is 27.0. The van der Waals surface area contributed by atoms with Gasteiger partial charge in [0.2, 0.25) is 11.8 Å². The van der Waals surface area contributed by atoms with Crippen molar-refractivity contribution in [3.63, 3.8) is 0 Å². The van der Waals surface area contributed by atoms with E-state index in [-0.39, 0.29) is 46.0 Å². The van der Waals surface area contributed by atoms with Gasteiger partial charge in [0.15, 0.2) is 0 Å². The lowest BCUT2D eigenvalue weighted by Crippen LogP contribution is -2.57. The van der Waals surface area contributed by atoms with Crippen LogP contribution in [0.15, 0.2) is 24.3 Å². The van der Waals surface area contributed by atoms with Crippen LogP contribution in [-0.2, 0) is 9.59 Å². The number of benzene rings is 1. The third-order valence-electron chi connectivity index (χ3n) is 9.18. The first-order valence-electron chi connectivity index (χ1n) is 14.4. The monoisotopic (exact) mass is 513 g/mol. The first-order valence-corrected chi connectivity index (χ1v) is 14.4. The highest BCUT2D eigenvalue weighted by Gasteiger charge is 2.50. The van der Waals surface area contributed by atoms with E-state index in [2.05, 4.69) is 51.8 Å². The number of rotatable bonds is 4. The topological polar surface area (TPSA) is 52.7 Å². The van der Waals surface area contributed by atoms with Gasteiger partial charge in [0.1, 0.15) is 5.82 Å². The molecule has 37 heavy (non-hydrogen) atoms. The van der Waals surface area contributed by atoms with Crippen molar-refractivity contribution >= 4 is 11.8 Å². The van der Waals surface area contributed by atoms with Crippen molar-refractivity contribution < 1.29 is 14.0 Å². The second-order valence-electron chi connectivity index (χ2n) is 13.9. The Hall–Kier alpha value is -1.95. The number of hydrogen-bond donors (Lipinski definition) is 1. The average Bonchev–Trinajstić information content (AvgIpc) is 3.30. The van der Waals surface area contributed by atoms with Crippen molar-refractivity contribution in [2.45, 2.75) is 103 Å². The van der Waals surface area contributed by atoms with E-state index in [0.717, 1.165) is 37.8 Å². The summed E-state index contributed by atoms with van der Waals surface area (Å²) in [6, 6.07) is 6.69. The first kappa shape index (κ1) is 28.1. The Morgan fingerprint density at radius 3 is 2.05 bits per heavy atom. The van der Waals surface area contributed by atoms with Gasteiger partial charge in [-0.15, -0.1) is 0 Å². The molecule has 1 N–H and O–H groups in total. The zero-order valence-electron chi connectivity index (χ0n) is 23.9. The van der Waals surface area contributed by atoms with Crippen LogP contribution in [-0.4, -0.2) is 58.9 Å². The fourth-order valence-corrected chi connectivity index (χ4v) is 6.95. The smallest absolute Gasteiger partial charge is 0.227 e. The molecule has 6 heteroatoms. The molecule has 1 aliphatic carbocycles. The standard InChI is InChI=1S/C31H48FN3O2/c1-29(2,3)33-28(37)31(23-10-8-7-9-11-23)16-18-34(19-17-31)27(36)26-21-35(30(4,5)6)20-25(26)22-12-14-24(32)15-13-22/h12-15,23,25-26H,7-11,16-21H2,1-6H3,(H,33,37)/t25-,26?/m0/s1. The van der Waals surface area contributed by atoms with Crippen LogP contribution in [0.4, 0.5) is 4.39 Å². The minimum absolute atomic E-state index is 0.0431. The Bertz CT molecular complexity index is 948. The van der Waals surface area contributed by atoms with Crippen molar-refractivity contribution in [1.29, 1.82) is 0 Å².